The number of amides is 3. The van der Waals surface area contributed by atoms with Gasteiger partial charge in [0.2, 0.25) is 11.8 Å². The van der Waals surface area contributed by atoms with Crippen LogP contribution in [0.1, 0.15) is 30.1 Å². The average molecular weight is 347 g/mol. The highest BCUT2D eigenvalue weighted by Crippen LogP contribution is 2.16. The molecule has 3 amide bonds. The number of carbonyl (C=O) groups is 3. The summed E-state index contributed by atoms with van der Waals surface area (Å²) in [4.78, 5) is 41.3. The summed E-state index contributed by atoms with van der Waals surface area (Å²) >= 11 is 0. The van der Waals surface area contributed by atoms with Crippen molar-refractivity contribution in [2.24, 2.45) is 11.7 Å². The first-order chi connectivity index (χ1) is 12.0. The number of hydrogen-bond donors (Lipinski definition) is 3. The number of nitrogens with one attached hydrogen (secondary N) is 2. The Kier molecular flexibility index (Phi) is 6.88. The van der Waals surface area contributed by atoms with Gasteiger partial charge in [0.1, 0.15) is 0 Å². The first-order valence-corrected chi connectivity index (χ1v) is 8.44. The Morgan fingerprint density at radius 1 is 1.16 bits per heavy atom. The van der Waals surface area contributed by atoms with E-state index in [4.69, 9.17) is 5.73 Å². The Labute approximate surface area is 147 Å². The summed E-state index contributed by atoms with van der Waals surface area (Å²) < 4.78 is 0. The highest BCUT2D eigenvalue weighted by atomic mass is 16.2. The zero-order chi connectivity index (χ0) is 18.2. The summed E-state index contributed by atoms with van der Waals surface area (Å²) in [6.07, 6.45) is 4.46. The van der Waals surface area contributed by atoms with Gasteiger partial charge in [-0.1, -0.05) is 0 Å². The topological polar surface area (TPSA) is 117 Å². The van der Waals surface area contributed by atoms with Crippen molar-refractivity contribution >= 4 is 17.7 Å². The molecule has 1 fully saturated rings. The molecular formula is C17H25N5O3. The standard InChI is InChI=1S/C17H25N5O3/c1-12(23)22-10-14(2-3-15(18)11-22)17(25)21-9-8-20-16(24)13-4-6-19-7-5-13/h4-7,14-15H,2-3,8-11,18H2,1H3,(H,20,24)(H,21,25)/t14-,15+/m1/s1. The summed E-state index contributed by atoms with van der Waals surface area (Å²) in [5, 5.41) is 5.55. The minimum atomic E-state index is -0.270. The molecule has 2 atom stereocenters. The third-order valence-corrected chi connectivity index (χ3v) is 4.25. The van der Waals surface area contributed by atoms with Crippen molar-refractivity contribution in [1.82, 2.24) is 20.5 Å². The second kappa shape index (κ2) is 9.12. The number of carbonyl (C=O) groups excluding carboxylic acids is 3. The Hall–Kier alpha value is -2.48. The van der Waals surface area contributed by atoms with Crippen LogP contribution >= 0.6 is 0 Å². The van der Waals surface area contributed by atoms with Gasteiger partial charge in [-0.05, 0) is 25.0 Å². The van der Waals surface area contributed by atoms with Gasteiger partial charge in [0.25, 0.3) is 5.91 Å². The number of likely N-dealkylation sites (tertiary alicyclic amines) is 1. The van der Waals surface area contributed by atoms with Gasteiger partial charge in [0.15, 0.2) is 0 Å². The van der Waals surface area contributed by atoms with E-state index in [1.165, 1.54) is 6.92 Å². The first-order valence-electron chi connectivity index (χ1n) is 8.44. The molecule has 1 aliphatic rings. The predicted molar refractivity (Wildman–Crippen MR) is 92.5 cm³/mol. The van der Waals surface area contributed by atoms with Gasteiger partial charge in [-0.2, -0.15) is 0 Å². The van der Waals surface area contributed by atoms with E-state index in [9.17, 15) is 14.4 Å². The Balaban J connectivity index is 1.75. The fraction of sp³-hybridized carbons (Fsp3) is 0.529. The Morgan fingerprint density at radius 2 is 1.84 bits per heavy atom. The van der Waals surface area contributed by atoms with E-state index < -0.39 is 0 Å². The maximum absolute atomic E-state index is 12.3. The first kappa shape index (κ1) is 18.9. The SMILES string of the molecule is CC(=O)N1C[C@@H](N)CC[C@@H](C(=O)NCCNC(=O)c2ccncc2)C1. The van der Waals surface area contributed by atoms with Crippen LogP contribution in [0, 0.1) is 5.92 Å². The van der Waals surface area contributed by atoms with Crippen LogP contribution in [0.25, 0.3) is 0 Å². The van der Waals surface area contributed by atoms with Crippen LogP contribution in [0.5, 0.6) is 0 Å². The summed E-state index contributed by atoms with van der Waals surface area (Å²) in [5.41, 5.74) is 6.48. The molecule has 0 aliphatic carbocycles. The molecule has 2 heterocycles. The van der Waals surface area contributed by atoms with E-state index in [0.29, 0.717) is 44.6 Å². The molecule has 0 saturated carbocycles. The maximum Gasteiger partial charge on any atom is 0.251 e. The summed E-state index contributed by atoms with van der Waals surface area (Å²) in [6, 6.07) is 3.15. The summed E-state index contributed by atoms with van der Waals surface area (Å²) in [5.74, 6) is -0.661. The number of aromatic nitrogens is 1. The van der Waals surface area contributed by atoms with Gasteiger partial charge in [0.05, 0.1) is 5.92 Å². The highest BCUT2D eigenvalue weighted by Gasteiger charge is 2.28. The molecule has 0 aromatic carbocycles. The molecular weight excluding hydrogens is 322 g/mol. The lowest BCUT2D eigenvalue weighted by Gasteiger charge is -2.23. The van der Waals surface area contributed by atoms with Crippen molar-refractivity contribution in [3.63, 3.8) is 0 Å². The van der Waals surface area contributed by atoms with Crippen LogP contribution in [-0.2, 0) is 9.59 Å². The second-order valence-corrected chi connectivity index (χ2v) is 6.24. The van der Waals surface area contributed by atoms with E-state index >= 15 is 0 Å². The van der Waals surface area contributed by atoms with Crippen molar-refractivity contribution in [2.45, 2.75) is 25.8 Å². The normalized spacial score (nSPS) is 20.5. The third kappa shape index (κ3) is 5.82. The van der Waals surface area contributed by atoms with Crippen LogP contribution in [0.2, 0.25) is 0 Å². The number of hydrogen-bond acceptors (Lipinski definition) is 5. The van der Waals surface area contributed by atoms with E-state index in [2.05, 4.69) is 15.6 Å². The Morgan fingerprint density at radius 3 is 2.52 bits per heavy atom. The van der Waals surface area contributed by atoms with Gasteiger partial charge in [-0.15, -0.1) is 0 Å². The second-order valence-electron chi connectivity index (χ2n) is 6.24. The van der Waals surface area contributed by atoms with Gasteiger partial charge >= 0.3 is 0 Å². The van der Waals surface area contributed by atoms with Crippen LogP contribution in [-0.4, -0.2) is 59.8 Å². The minimum absolute atomic E-state index is 0.0697. The van der Waals surface area contributed by atoms with Crippen molar-refractivity contribution in [3.05, 3.63) is 30.1 Å². The molecule has 0 spiro atoms. The van der Waals surface area contributed by atoms with E-state index in [0.717, 1.165) is 0 Å². The molecule has 1 aromatic rings. The lowest BCUT2D eigenvalue weighted by Crippen LogP contribution is -2.43. The molecule has 0 radical (unpaired) electrons. The molecule has 1 saturated heterocycles. The molecule has 2 rings (SSSR count). The van der Waals surface area contributed by atoms with Crippen LogP contribution in [0.4, 0.5) is 0 Å². The fourth-order valence-corrected chi connectivity index (χ4v) is 2.80. The number of nitrogens with zero attached hydrogens (tertiary/aromatic N) is 2. The lowest BCUT2D eigenvalue weighted by atomic mass is 10.0. The molecule has 1 aliphatic heterocycles. The summed E-state index contributed by atoms with van der Waals surface area (Å²) in [7, 11) is 0. The zero-order valence-electron chi connectivity index (χ0n) is 14.4. The van der Waals surface area contributed by atoms with E-state index in [1.807, 2.05) is 0 Å². The van der Waals surface area contributed by atoms with Gasteiger partial charge in [-0.25, -0.2) is 0 Å². The molecule has 0 bridgehead atoms. The molecule has 25 heavy (non-hydrogen) atoms. The van der Waals surface area contributed by atoms with E-state index in [1.54, 1.807) is 29.4 Å². The quantitative estimate of drug-likeness (QED) is 0.622. The van der Waals surface area contributed by atoms with E-state index in [-0.39, 0.29) is 29.7 Å². The minimum Gasteiger partial charge on any atom is -0.354 e. The van der Waals surface area contributed by atoms with Crippen molar-refractivity contribution in [3.8, 4) is 0 Å². The summed E-state index contributed by atoms with van der Waals surface area (Å²) in [6.45, 7) is 3.02. The Bertz CT molecular complexity index is 608. The highest BCUT2D eigenvalue weighted by molar-refractivity contribution is 5.94. The lowest BCUT2D eigenvalue weighted by molar-refractivity contribution is -0.131. The number of pyridine rings is 1. The largest absolute Gasteiger partial charge is 0.354 e. The smallest absolute Gasteiger partial charge is 0.251 e. The van der Waals surface area contributed by atoms with Gasteiger partial charge < -0.3 is 21.3 Å². The molecule has 8 heteroatoms. The third-order valence-electron chi connectivity index (χ3n) is 4.25. The maximum atomic E-state index is 12.3. The number of nitrogens with two attached hydrogens (primary N) is 1. The number of rotatable bonds is 5. The molecule has 136 valence electrons. The van der Waals surface area contributed by atoms with Crippen molar-refractivity contribution in [2.75, 3.05) is 26.2 Å². The fourth-order valence-electron chi connectivity index (χ4n) is 2.80. The molecule has 1 aromatic heterocycles. The molecule has 0 unspecified atom stereocenters. The zero-order valence-corrected chi connectivity index (χ0v) is 14.4. The van der Waals surface area contributed by atoms with Crippen LogP contribution in [0.3, 0.4) is 0 Å². The van der Waals surface area contributed by atoms with Crippen molar-refractivity contribution < 1.29 is 14.4 Å². The predicted octanol–water partition coefficient (Wildman–Crippen LogP) is -0.487. The van der Waals surface area contributed by atoms with Gasteiger partial charge in [-0.3, -0.25) is 19.4 Å². The average Bonchev–Trinajstić information content (AvgIpc) is 2.81. The molecule has 8 nitrogen and oxygen atoms in total. The van der Waals surface area contributed by atoms with Crippen molar-refractivity contribution in [1.29, 1.82) is 0 Å². The van der Waals surface area contributed by atoms with Crippen LogP contribution in [0.15, 0.2) is 24.5 Å². The monoisotopic (exact) mass is 347 g/mol. The van der Waals surface area contributed by atoms with Crippen LogP contribution < -0.4 is 16.4 Å². The van der Waals surface area contributed by atoms with Gasteiger partial charge in [0, 0.05) is 57.1 Å². The molecule has 4 N–H and O–H groups in total.